The topological polar surface area (TPSA) is 9.23 Å². The Morgan fingerprint density at radius 2 is 1.63 bits per heavy atom. The van der Waals surface area contributed by atoms with E-state index in [2.05, 4.69) is 20.8 Å². The van der Waals surface area contributed by atoms with Crippen LogP contribution in [-0.2, 0) is 5.41 Å². The zero-order valence-corrected chi connectivity index (χ0v) is 12.0. The number of ether oxygens (including phenoxy) is 1. The van der Waals surface area contributed by atoms with Gasteiger partial charge in [-0.05, 0) is 41.3 Å². The summed E-state index contributed by atoms with van der Waals surface area (Å²) in [5.74, 6) is 0.758. The van der Waals surface area contributed by atoms with Gasteiger partial charge in [0.25, 0.3) is 0 Å². The first-order chi connectivity index (χ1) is 8.86. The van der Waals surface area contributed by atoms with E-state index in [-0.39, 0.29) is 16.3 Å². The molecule has 0 N–H and O–H groups in total. The van der Waals surface area contributed by atoms with Crippen LogP contribution >= 0.6 is 11.6 Å². The molecule has 2 aromatic rings. The van der Waals surface area contributed by atoms with Crippen molar-refractivity contribution in [1.29, 1.82) is 0 Å². The Hall–Kier alpha value is -1.54. The zero-order valence-electron chi connectivity index (χ0n) is 11.2. The molecule has 100 valence electrons. The number of hydrogen-bond donors (Lipinski definition) is 0. The highest BCUT2D eigenvalue weighted by Gasteiger charge is 2.13. The number of halogens is 2. The van der Waals surface area contributed by atoms with E-state index in [1.165, 1.54) is 23.8 Å². The first kappa shape index (κ1) is 13.9. The number of rotatable bonds is 2. The van der Waals surface area contributed by atoms with Gasteiger partial charge in [-0.25, -0.2) is 4.39 Å². The van der Waals surface area contributed by atoms with Crippen molar-refractivity contribution >= 4 is 11.6 Å². The molecule has 0 saturated heterocycles. The maximum absolute atomic E-state index is 12.9. The lowest BCUT2D eigenvalue weighted by Gasteiger charge is -2.19. The van der Waals surface area contributed by atoms with Gasteiger partial charge >= 0.3 is 0 Å². The van der Waals surface area contributed by atoms with Crippen LogP contribution in [0.5, 0.6) is 11.5 Å². The fraction of sp³-hybridized carbons (Fsp3) is 0.250. The van der Waals surface area contributed by atoms with Crippen LogP contribution in [0.4, 0.5) is 4.39 Å². The molecule has 0 bridgehead atoms. The largest absolute Gasteiger partial charge is 0.456 e. The Kier molecular flexibility index (Phi) is 3.81. The van der Waals surface area contributed by atoms with Gasteiger partial charge in [0.1, 0.15) is 17.3 Å². The molecule has 0 aliphatic carbocycles. The highest BCUT2D eigenvalue weighted by Crippen LogP contribution is 2.31. The van der Waals surface area contributed by atoms with Crippen molar-refractivity contribution in [1.82, 2.24) is 0 Å². The average Bonchev–Trinajstić information content (AvgIpc) is 2.32. The molecule has 1 nitrogen and oxygen atoms in total. The SMILES string of the molecule is CC(C)(C)c1ccc(Oc2ccc(F)cc2Cl)cc1. The van der Waals surface area contributed by atoms with Crippen molar-refractivity contribution in [3.63, 3.8) is 0 Å². The van der Waals surface area contributed by atoms with E-state index in [0.717, 1.165) is 0 Å². The summed E-state index contributed by atoms with van der Waals surface area (Å²) < 4.78 is 18.6. The molecule has 0 aliphatic rings. The summed E-state index contributed by atoms with van der Waals surface area (Å²) in [6.07, 6.45) is 0. The summed E-state index contributed by atoms with van der Waals surface area (Å²) in [5.41, 5.74) is 1.33. The molecule has 0 fully saturated rings. The van der Waals surface area contributed by atoms with Gasteiger partial charge in [0, 0.05) is 0 Å². The van der Waals surface area contributed by atoms with Gasteiger partial charge in [-0.3, -0.25) is 0 Å². The first-order valence-corrected chi connectivity index (χ1v) is 6.47. The van der Waals surface area contributed by atoms with Crippen LogP contribution in [-0.4, -0.2) is 0 Å². The Morgan fingerprint density at radius 1 is 1.00 bits per heavy atom. The molecule has 0 unspecified atom stereocenters. The molecule has 0 radical (unpaired) electrons. The lowest BCUT2D eigenvalue weighted by molar-refractivity contribution is 0.479. The van der Waals surface area contributed by atoms with Gasteiger partial charge in [-0.15, -0.1) is 0 Å². The minimum absolute atomic E-state index is 0.103. The molecular formula is C16H16ClFO. The predicted octanol–water partition coefficient (Wildman–Crippen LogP) is 5.57. The van der Waals surface area contributed by atoms with E-state index in [0.29, 0.717) is 11.5 Å². The van der Waals surface area contributed by atoms with Gasteiger partial charge < -0.3 is 4.74 Å². The minimum atomic E-state index is -0.375. The Morgan fingerprint density at radius 3 is 2.16 bits per heavy atom. The lowest BCUT2D eigenvalue weighted by atomic mass is 9.87. The highest BCUT2D eigenvalue weighted by atomic mass is 35.5. The Balaban J connectivity index is 2.20. The molecule has 0 saturated carbocycles. The maximum Gasteiger partial charge on any atom is 0.146 e. The third-order valence-electron chi connectivity index (χ3n) is 2.84. The summed E-state index contributed by atoms with van der Waals surface area (Å²) >= 11 is 5.92. The first-order valence-electron chi connectivity index (χ1n) is 6.10. The van der Waals surface area contributed by atoms with E-state index in [4.69, 9.17) is 16.3 Å². The summed E-state index contributed by atoms with van der Waals surface area (Å²) in [5, 5.41) is 0.264. The van der Waals surface area contributed by atoms with Crippen LogP contribution in [0, 0.1) is 5.82 Å². The summed E-state index contributed by atoms with van der Waals surface area (Å²) in [4.78, 5) is 0. The molecule has 2 rings (SSSR count). The molecule has 0 atom stereocenters. The van der Waals surface area contributed by atoms with Gasteiger partial charge in [0.15, 0.2) is 0 Å². The molecule has 3 heteroatoms. The van der Waals surface area contributed by atoms with Gasteiger partial charge in [0.2, 0.25) is 0 Å². The van der Waals surface area contributed by atoms with Crippen LogP contribution in [0.1, 0.15) is 26.3 Å². The molecule has 0 aromatic heterocycles. The molecule has 0 amide bonds. The van der Waals surface area contributed by atoms with Crippen LogP contribution in [0.25, 0.3) is 0 Å². The molecule has 0 heterocycles. The van der Waals surface area contributed by atoms with Crippen molar-refractivity contribution in [2.75, 3.05) is 0 Å². The zero-order chi connectivity index (χ0) is 14.0. The second-order valence-electron chi connectivity index (χ2n) is 5.45. The van der Waals surface area contributed by atoms with Crippen molar-refractivity contribution in [3.8, 4) is 11.5 Å². The van der Waals surface area contributed by atoms with Crippen molar-refractivity contribution < 1.29 is 9.13 Å². The Bertz CT molecular complexity index is 570. The average molecular weight is 279 g/mol. The highest BCUT2D eigenvalue weighted by molar-refractivity contribution is 6.32. The quantitative estimate of drug-likeness (QED) is 0.698. The molecular weight excluding hydrogens is 263 g/mol. The van der Waals surface area contributed by atoms with Gasteiger partial charge in [-0.1, -0.05) is 44.5 Å². The normalized spacial score (nSPS) is 11.4. The van der Waals surface area contributed by atoms with Crippen LogP contribution in [0.15, 0.2) is 42.5 Å². The third kappa shape index (κ3) is 3.48. The summed E-state index contributed by atoms with van der Waals surface area (Å²) in [7, 11) is 0. The van der Waals surface area contributed by atoms with E-state index in [1.807, 2.05) is 24.3 Å². The van der Waals surface area contributed by atoms with Gasteiger partial charge in [0.05, 0.1) is 5.02 Å². The molecule has 0 aliphatic heterocycles. The van der Waals surface area contributed by atoms with E-state index in [1.54, 1.807) is 0 Å². The van der Waals surface area contributed by atoms with Gasteiger partial charge in [-0.2, -0.15) is 0 Å². The monoisotopic (exact) mass is 278 g/mol. The third-order valence-corrected chi connectivity index (χ3v) is 3.14. The predicted molar refractivity (Wildman–Crippen MR) is 76.6 cm³/mol. The maximum atomic E-state index is 12.9. The van der Waals surface area contributed by atoms with E-state index < -0.39 is 0 Å². The van der Waals surface area contributed by atoms with Crippen molar-refractivity contribution in [2.24, 2.45) is 0 Å². The Labute approximate surface area is 118 Å². The lowest BCUT2D eigenvalue weighted by Crippen LogP contribution is -2.10. The fourth-order valence-corrected chi connectivity index (χ4v) is 1.91. The number of hydrogen-bond acceptors (Lipinski definition) is 1. The fourth-order valence-electron chi connectivity index (χ4n) is 1.71. The number of benzene rings is 2. The van der Waals surface area contributed by atoms with Crippen LogP contribution < -0.4 is 4.74 Å². The molecule has 2 aromatic carbocycles. The van der Waals surface area contributed by atoms with Crippen molar-refractivity contribution in [3.05, 3.63) is 58.9 Å². The van der Waals surface area contributed by atoms with Crippen LogP contribution in [0.2, 0.25) is 5.02 Å². The minimum Gasteiger partial charge on any atom is -0.456 e. The summed E-state index contributed by atoms with van der Waals surface area (Å²) in [6, 6.07) is 11.9. The molecule has 19 heavy (non-hydrogen) atoms. The molecule has 0 spiro atoms. The second kappa shape index (κ2) is 5.22. The van der Waals surface area contributed by atoms with E-state index in [9.17, 15) is 4.39 Å². The van der Waals surface area contributed by atoms with E-state index >= 15 is 0 Å². The standard InChI is InChI=1S/C16H16ClFO/c1-16(2,3)11-4-7-13(8-5-11)19-15-9-6-12(18)10-14(15)17/h4-10H,1-3H3. The van der Waals surface area contributed by atoms with Crippen LogP contribution in [0.3, 0.4) is 0 Å². The second-order valence-corrected chi connectivity index (χ2v) is 5.86. The smallest absolute Gasteiger partial charge is 0.146 e. The van der Waals surface area contributed by atoms with Crippen molar-refractivity contribution in [2.45, 2.75) is 26.2 Å². The summed E-state index contributed by atoms with van der Waals surface area (Å²) in [6.45, 7) is 6.46.